The van der Waals surface area contributed by atoms with Crippen LogP contribution < -0.4 is 9.46 Å². The molecule has 8 nitrogen and oxygen atoms in total. The highest BCUT2D eigenvalue weighted by atomic mass is 32.2. The van der Waals surface area contributed by atoms with Crippen LogP contribution in [0.15, 0.2) is 59.3 Å². The summed E-state index contributed by atoms with van der Waals surface area (Å²) in [7, 11) is -3.43. The lowest BCUT2D eigenvalue weighted by Crippen LogP contribution is -2.12. The lowest BCUT2D eigenvalue weighted by atomic mass is 10.2. The van der Waals surface area contributed by atoms with Crippen molar-refractivity contribution in [3.8, 4) is 17.2 Å². The summed E-state index contributed by atoms with van der Waals surface area (Å²) in [5.74, 6) is -0.0285. The van der Waals surface area contributed by atoms with E-state index in [9.17, 15) is 13.2 Å². The topological polar surface area (TPSA) is 111 Å². The van der Waals surface area contributed by atoms with Crippen molar-refractivity contribution in [2.75, 3.05) is 11.0 Å². The van der Waals surface area contributed by atoms with E-state index in [2.05, 4.69) is 14.9 Å². The molecule has 0 saturated heterocycles. The molecule has 25 heavy (non-hydrogen) atoms. The maximum Gasteiger partial charge on any atom is 0.343 e. The van der Waals surface area contributed by atoms with Gasteiger partial charge in [0.15, 0.2) is 0 Å². The predicted molar refractivity (Wildman–Crippen MR) is 89.6 cm³/mol. The number of carbonyl (C=O) groups is 1. The molecule has 3 aromatic rings. The van der Waals surface area contributed by atoms with E-state index in [1.54, 1.807) is 30.3 Å². The first kappa shape index (κ1) is 16.7. The average molecular weight is 359 g/mol. The Kier molecular flexibility index (Phi) is 4.48. The molecule has 0 aliphatic carbocycles. The second kappa shape index (κ2) is 6.73. The monoisotopic (exact) mass is 359 g/mol. The molecule has 9 heteroatoms. The van der Waals surface area contributed by atoms with E-state index in [4.69, 9.17) is 9.15 Å². The number of aromatic nitrogens is 2. The van der Waals surface area contributed by atoms with E-state index >= 15 is 0 Å². The van der Waals surface area contributed by atoms with Crippen LogP contribution in [0.5, 0.6) is 5.75 Å². The number of benzene rings is 2. The molecule has 0 saturated carbocycles. The zero-order valence-electron chi connectivity index (χ0n) is 13.0. The first-order chi connectivity index (χ1) is 11.9. The Hall–Kier alpha value is -3.20. The van der Waals surface area contributed by atoms with Crippen LogP contribution in [-0.2, 0) is 10.0 Å². The summed E-state index contributed by atoms with van der Waals surface area (Å²) in [4.78, 5) is 12.3. The standard InChI is InChI=1S/C16H13N3O5S/c1-25(21,22)19-13-6-2-5-12(8-13)16(20)24-14-7-3-4-11(9-14)15-18-17-10-23-15/h2-10,19H,1H3. The van der Waals surface area contributed by atoms with Gasteiger partial charge in [-0.2, -0.15) is 0 Å². The summed E-state index contributed by atoms with van der Waals surface area (Å²) in [5, 5.41) is 7.38. The van der Waals surface area contributed by atoms with Crippen molar-refractivity contribution in [2.45, 2.75) is 0 Å². The highest BCUT2D eigenvalue weighted by molar-refractivity contribution is 7.92. The highest BCUT2D eigenvalue weighted by Gasteiger charge is 2.12. The van der Waals surface area contributed by atoms with Crippen LogP contribution >= 0.6 is 0 Å². The van der Waals surface area contributed by atoms with E-state index < -0.39 is 16.0 Å². The molecular weight excluding hydrogens is 346 g/mol. The molecule has 0 atom stereocenters. The third kappa shape index (κ3) is 4.42. The lowest BCUT2D eigenvalue weighted by Gasteiger charge is -2.08. The first-order valence-electron chi connectivity index (χ1n) is 7.07. The largest absolute Gasteiger partial charge is 0.423 e. The van der Waals surface area contributed by atoms with Gasteiger partial charge in [0, 0.05) is 11.3 Å². The number of rotatable bonds is 5. The van der Waals surface area contributed by atoms with E-state index in [1.165, 1.54) is 24.6 Å². The van der Waals surface area contributed by atoms with E-state index in [1.807, 2.05) is 0 Å². The number of hydrogen-bond donors (Lipinski definition) is 1. The van der Waals surface area contributed by atoms with Crippen molar-refractivity contribution >= 4 is 21.7 Å². The maximum absolute atomic E-state index is 12.3. The fraction of sp³-hybridized carbons (Fsp3) is 0.0625. The number of nitrogens with zero attached hydrogens (tertiary/aromatic N) is 2. The summed E-state index contributed by atoms with van der Waals surface area (Å²) >= 11 is 0. The predicted octanol–water partition coefficient (Wildman–Crippen LogP) is 2.33. The van der Waals surface area contributed by atoms with Crippen LogP contribution in [0.3, 0.4) is 0 Å². The van der Waals surface area contributed by atoms with Gasteiger partial charge in [-0.1, -0.05) is 12.1 Å². The molecule has 0 unspecified atom stereocenters. The van der Waals surface area contributed by atoms with Gasteiger partial charge in [0.2, 0.25) is 22.3 Å². The van der Waals surface area contributed by atoms with Crippen molar-refractivity contribution in [3.05, 3.63) is 60.5 Å². The van der Waals surface area contributed by atoms with Gasteiger partial charge in [-0.15, -0.1) is 10.2 Å². The molecule has 0 aliphatic rings. The Bertz CT molecular complexity index is 1000. The summed E-state index contributed by atoms with van der Waals surface area (Å²) in [6, 6.07) is 12.6. The Morgan fingerprint density at radius 2 is 1.96 bits per heavy atom. The number of nitrogens with one attached hydrogen (secondary N) is 1. The molecule has 0 fully saturated rings. The van der Waals surface area contributed by atoms with Crippen LogP contribution in [0.1, 0.15) is 10.4 Å². The molecular formula is C16H13N3O5S. The zero-order chi connectivity index (χ0) is 17.9. The van der Waals surface area contributed by atoms with E-state index in [-0.39, 0.29) is 11.3 Å². The first-order valence-corrected chi connectivity index (χ1v) is 8.96. The molecule has 0 spiro atoms. The Balaban J connectivity index is 1.79. The lowest BCUT2D eigenvalue weighted by molar-refractivity contribution is 0.0735. The molecule has 3 rings (SSSR count). The summed E-state index contributed by atoms with van der Waals surface area (Å²) < 4.78 is 35.3. The SMILES string of the molecule is CS(=O)(=O)Nc1cccc(C(=O)Oc2cccc(-c3nnco3)c2)c1. The van der Waals surface area contributed by atoms with Gasteiger partial charge in [-0.25, -0.2) is 13.2 Å². The third-order valence-electron chi connectivity index (χ3n) is 3.05. The Morgan fingerprint density at radius 3 is 2.68 bits per heavy atom. The van der Waals surface area contributed by atoms with Gasteiger partial charge in [-0.3, -0.25) is 4.72 Å². The van der Waals surface area contributed by atoms with Crippen LogP contribution in [-0.4, -0.2) is 30.8 Å². The minimum Gasteiger partial charge on any atom is -0.423 e. The van der Waals surface area contributed by atoms with Crippen LogP contribution in [0.4, 0.5) is 5.69 Å². The number of anilines is 1. The molecule has 0 amide bonds. The molecule has 128 valence electrons. The van der Waals surface area contributed by atoms with E-state index in [0.717, 1.165) is 6.26 Å². The second-order valence-corrected chi connectivity index (χ2v) is 6.86. The minimum absolute atomic E-state index is 0.205. The van der Waals surface area contributed by atoms with Crippen LogP contribution in [0.25, 0.3) is 11.5 Å². The van der Waals surface area contributed by atoms with Crippen molar-refractivity contribution in [1.29, 1.82) is 0 Å². The molecule has 1 N–H and O–H groups in total. The molecule has 1 aromatic heterocycles. The summed E-state index contributed by atoms with van der Waals surface area (Å²) in [5.41, 5.74) is 1.09. The minimum atomic E-state index is -3.43. The number of ether oxygens (including phenoxy) is 1. The van der Waals surface area contributed by atoms with Crippen molar-refractivity contribution in [3.63, 3.8) is 0 Å². The number of sulfonamides is 1. The quantitative estimate of drug-likeness (QED) is 0.549. The number of hydrogen-bond acceptors (Lipinski definition) is 7. The average Bonchev–Trinajstić information content (AvgIpc) is 3.08. The van der Waals surface area contributed by atoms with Crippen molar-refractivity contribution < 1.29 is 22.4 Å². The third-order valence-corrected chi connectivity index (χ3v) is 3.66. The van der Waals surface area contributed by atoms with Gasteiger partial charge in [-0.05, 0) is 36.4 Å². The number of carbonyl (C=O) groups excluding carboxylic acids is 1. The Morgan fingerprint density at radius 1 is 1.16 bits per heavy atom. The second-order valence-electron chi connectivity index (χ2n) is 5.12. The highest BCUT2D eigenvalue weighted by Crippen LogP contribution is 2.23. The van der Waals surface area contributed by atoms with Crippen LogP contribution in [0.2, 0.25) is 0 Å². The fourth-order valence-electron chi connectivity index (χ4n) is 2.08. The Labute approximate surface area is 143 Å². The molecule has 1 heterocycles. The van der Waals surface area contributed by atoms with Gasteiger partial charge in [0.1, 0.15) is 5.75 Å². The molecule has 0 bridgehead atoms. The molecule has 2 aromatic carbocycles. The summed E-state index contributed by atoms with van der Waals surface area (Å²) in [6.45, 7) is 0. The van der Waals surface area contributed by atoms with Gasteiger partial charge >= 0.3 is 5.97 Å². The summed E-state index contributed by atoms with van der Waals surface area (Å²) in [6.07, 6.45) is 2.23. The van der Waals surface area contributed by atoms with Crippen molar-refractivity contribution in [2.24, 2.45) is 0 Å². The van der Waals surface area contributed by atoms with Crippen LogP contribution in [0, 0.1) is 0 Å². The molecule has 0 aliphatic heterocycles. The van der Waals surface area contributed by atoms with E-state index in [0.29, 0.717) is 17.2 Å². The van der Waals surface area contributed by atoms with Gasteiger partial charge < -0.3 is 9.15 Å². The molecule has 0 radical (unpaired) electrons. The van der Waals surface area contributed by atoms with Gasteiger partial charge in [0.25, 0.3) is 0 Å². The maximum atomic E-state index is 12.3. The smallest absolute Gasteiger partial charge is 0.343 e. The fourth-order valence-corrected chi connectivity index (χ4v) is 2.64. The van der Waals surface area contributed by atoms with Crippen molar-refractivity contribution in [1.82, 2.24) is 10.2 Å². The normalized spacial score (nSPS) is 11.1. The van der Waals surface area contributed by atoms with Gasteiger partial charge in [0.05, 0.1) is 11.8 Å². The number of esters is 1. The zero-order valence-corrected chi connectivity index (χ0v) is 13.9.